The molecule has 7 nitrogen and oxygen atoms in total. The number of aliphatic hydroxyl groups is 1. The van der Waals surface area contributed by atoms with E-state index >= 15 is 0 Å². The molecule has 1 unspecified atom stereocenters. The van der Waals surface area contributed by atoms with Gasteiger partial charge in [-0.25, -0.2) is 4.79 Å². The predicted octanol–water partition coefficient (Wildman–Crippen LogP) is 4.02. The molecule has 3 heterocycles. The summed E-state index contributed by atoms with van der Waals surface area (Å²) in [6.07, 6.45) is 2.33. The van der Waals surface area contributed by atoms with Crippen LogP contribution in [0.5, 0.6) is 5.75 Å². The highest BCUT2D eigenvalue weighted by Crippen LogP contribution is 2.47. The van der Waals surface area contributed by atoms with E-state index in [9.17, 15) is 14.7 Å². The largest absolute Gasteiger partial charge is 0.487 e. The van der Waals surface area contributed by atoms with Crippen LogP contribution in [0.4, 0.5) is 4.79 Å². The number of imide groups is 1. The maximum atomic E-state index is 13.7. The van der Waals surface area contributed by atoms with Crippen molar-refractivity contribution in [3.63, 3.8) is 0 Å². The molecule has 2 fully saturated rings. The highest BCUT2D eigenvalue weighted by atomic mass is 35.5. The zero-order valence-corrected chi connectivity index (χ0v) is 21.0. The first kappa shape index (κ1) is 24.1. The minimum Gasteiger partial charge on any atom is -0.487 e. The normalized spacial score (nSPS) is 25.3. The van der Waals surface area contributed by atoms with Crippen molar-refractivity contribution in [2.75, 3.05) is 26.2 Å². The van der Waals surface area contributed by atoms with E-state index in [2.05, 4.69) is 10.2 Å². The molecule has 0 bridgehead atoms. The Balaban J connectivity index is 1.23. The van der Waals surface area contributed by atoms with E-state index < -0.39 is 16.7 Å². The minimum absolute atomic E-state index is 0.250. The van der Waals surface area contributed by atoms with Crippen LogP contribution in [0, 0.1) is 0 Å². The van der Waals surface area contributed by atoms with E-state index in [4.69, 9.17) is 16.3 Å². The highest BCUT2D eigenvalue weighted by molar-refractivity contribution is 6.30. The lowest BCUT2D eigenvalue weighted by atomic mass is 9.77. The number of nitrogens with one attached hydrogen (secondary N) is 1. The van der Waals surface area contributed by atoms with Crippen molar-refractivity contribution in [1.29, 1.82) is 0 Å². The third kappa shape index (κ3) is 4.41. The molecule has 3 aliphatic heterocycles. The van der Waals surface area contributed by atoms with Crippen LogP contribution in [0.2, 0.25) is 5.02 Å². The second-order valence-corrected chi connectivity index (χ2v) is 11.0. The number of hydrogen-bond acceptors (Lipinski definition) is 5. The number of urea groups is 1. The fourth-order valence-electron chi connectivity index (χ4n) is 5.76. The third-order valence-corrected chi connectivity index (χ3v) is 7.74. The molecule has 1 spiro atoms. The van der Waals surface area contributed by atoms with Gasteiger partial charge in [-0.2, -0.15) is 0 Å². The molecule has 2 aromatic rings. The Labute approximate surface area is 211 Å². The van der Waals surface area contributed by atoms with E-state index in [1.807, 2.05) is 44.2 Å². The Hall–Kier alpha value is -2.61. The summed E-state index contributed by atoms with van der Waals surface area (Å²) in [5, 5.41) is 14.5. The van der Waals surface area contributed by atoms with Crippen molar-refractivity contribution in [3.05, 3.63) is 64.7 Å². The van der Waals surface area contributed by atoms with E-state index in [1.165, 1.54) is 4.90 Å². The Morgan fingerprint density at radius 2 is 1.77 bits per heavy atom. The van der Waals surface area contributed by atoms with Crippen molar-refractivity contribution in [3.8, 4) is 5.75 Å². The summed E-state index contributed by atoms with van der Waals surface area (Å²) in [5.41, 5.74) is -1.01. The standard InChI is InChI=1S/C27H32ClN3O4/c1-25(2)18-27(21-17-20(28)9-10-22(21)35-25)23(32)31(24(33)29-27)14-6-13-30-15-11-26(34,12-16-30)19-7-4-3-5-8-19/h3-5,7-10,17,34H,6,11-16,18H2,1-2H3,(H,29,33). The number of likely N-dealkylation sites (tertiary alicyclic amines) is 1. The quantitative estimate of drug-likeness (QED) is 0.610. The van der Waals surface area contributed by atoms with Gasteiger partial charge in [-0.3, -0.25) is 9.69 Å². The van der Waals surface area contributed by atoms with Gasteiger partial charge < -0.3 is 20.1 Å². The molecular weight excluding hydrogens is 466 g/mol. The summed E-state index contributed by atoms with van der Waals surface area (Å²) in [5.74, 6) is 0.319. The fourth-order valence-corrected chi connectivity index (χ4v) is 5.93. The van der Waals surface area contributed by atoms with Crippen LogP contribution in [0.3, 0.4) is 0 Å². The minimum atomic E-state index is -1.17. The first-order chi connectivity index (χ1) is 16.6. The maximum absolute atomic E-state index is 13.7. The monoisotopic (exact) mass is 497 g/mol. The highest BCUT2D eigenvalue weighted by Gasteiger charge is 2.58. The zero-order valence-electron chi connectivity index (χ0n) is 20.2. The number of rotatable bonds is 5. The number of carbonyl (C=O) groups is 2. The van der Waals surface area contributed by atoms with Crippen LogP contribution in [-0.2, 0) is 15.9 Å². The van der Waals surface area contributed by atoms with Gasteiger partial charge >= 0.3 is 6.03 Å². The van der Waals surface area contributed by atoms with E-state index in [0.29, 0.717) is 48.6 Å². The second-order valence-electron chi connectivity index (χ2n) is 10.6. The van der Waals surface area contributed by atoms with Gasteiger partial charge in [0.1, 0.15) is 11.4 Å². The molecule has 0 aliphatic carbocycles. The molecular formula is C27H32ClN3O4. The van der Waals surface area contributed by atoms with Crippen molar-refractivity contribution in [2.24, 2.45) is 0 Å². The molecule has 0 saturated carbocycles. The lowest BCUT2D eigenvalue weighted by Crippen LogP contribution is -2.53. The number of fused-ring (bicyclic) bond motifs is 2. The van der Waals surface area contributed by atoms with Gasteiger partial charge in [-0.15, -0.1) is 0 Å². The summed E-state index contributed by atoms with van der Waals surface area (Å²) >= 11 is 6.24. The third-order valence-electron chi connectivity index (χ3n) is 7.50. The number of piperidine rings is 1. The van der Waals surface area contributed by atoms with Gasteiger partial charge in [-0.05, 0) is 63.4 Å². The Morgan fingerprint density at radius 1 is 1.06 bits per heavy atom. The molecule has 2 saturated heterocycles. The molecule has 0 radical (unpaired) electrons. The van der Waals surface area contributed by atoms with Crippen LogP contribution in [-0.4, -0.2) is 58.6 Å². The number of halogens is 1. The molecule has 1 atom stereocenters. The molecule has 2 N–H and O–H groups in total. The average Bonchev–Trinajstić information content (AvgIpc) is 3.05. The zero-order chi connectivity index (χ0) is 24.8. The van der Waals surface area contributed by atoms with E-state index in [1.54, 1.807) is 18.2 Å². The number of benzene rings is 2. The number of hydrogen-bond donors (Lipinski definition) is 2. The number of nitrogens with zero attached hydrogens (tertiary/aromatic N) is 2. The molecule has 186 valence electrons. The number of amides is 3. The molecule has 5 rings (SSSR count). The van der Waals surface area contributed by atoms with Crippen molar-refractivity contribution in [2.45, 2.75) is 56.3 Å². The van der Waals surface area contributed by atoms with E-state index in [0.717, 1.165) is 25.2 Å². The summed E-state index contributed by atoms with van der Waals surface area (Å²) in [6, 6.07) is 14.6. The lowest BCUT2D eigenvalue weighted by Gasteiger charge is -2.42. The van der Waals surface area contributed by atoms with Crippen LogP contribution in [0.25, 0.3) is 0 Å². The predicted molar refractivity (Wildman–Crippen MR) is 133 cm³/mol. The van der Waals surface area contributed by atoms with Crippen LogP contribution >= 0.6 is 11.6 Å². The van der Waals surface area contributed by atoms with Gasteiger partial charge in [-0.1, -0.05) is 41.9 Å². The van der Waals surface area contributed by atoms with Crippen LogP contribution in [0.15, 0.2) is 48.5 Å². The summed E-state index contributed by atoms with van der Waals surface area (Å²) in [6.45, 7) is 6.47. The molecule has 3 amide bonds. The van der Waals surface area contributed by atoms with Crippen LogP contribution in [0.1, 0.15) is 50.7 Å². The number of ether oxygens (including phenoxy) is 1. The van der Waals surface area contributed by atoms with Crippen LogP contribution < -0.4 is 10.1 Å². The SMILES string of the molecule is CC1(C)CC2(NC(=O)N(CCCN3CCC(O)(c4ccccc4)CC3)C2=O)c2cc(Cl)ccc2O1. The molecule has 2 aromatic carbocycles. The fraction of sp³-hybridized carbons (Fsp3) is 0.481. The average molecular weight is 498 g/mol. The summed E-state index contributed by atoms with van der Waals surface area (Å²) in [7, 11) is 0. The van der Waals surface area contributed by atoms with Crippen molar-refractivity contribution >= 4 is 23.5 Å². The lowest BCUT2D eigenvalue weighted by molar-refractivity contribution is -0.134. The smallest absolute Gasteiger partial charge is 0.325 e. The Morgan fingerprint density at radius 3 is 2.49 bits per heavy atom. The van der Waals surface area contributed by atoms with Gasteiger partial charge in [0.2, 0.25) is 0 Å². The molecule has 35 heavy (non-hydrogen) atoms. The van der Waals surface area contributed by atoms with Gasteiger partial charge in [0.25, 0.3) is 5.91 Å². The molecule has 3 aliphatic rings. The summed E-state index contributed by atoms with van der Waals surface area (Å²) < 4.78 is 6.08. The van der Waals surface area contributed by atoms with Gasteiger partial charge in [0.15, 0.2) is 5.54 Å². The topological polar surface area (TPSA) is 82.1 Å². The Bertz CT molecular complexity index is 1130. The van der Waals surface area contributed by atoms with Crippen molar-refractivity contribution in [1.82, 2.24) is 15.1 Å². The number of carbonyl (C=O) groups excluding carboxylic acids is 2. The van der Waals surface area contributed by atoms with Gasteiger partial charge in [0, 0.05) is 36.6 Å². The second kappa shape index (κ2) is 8.80. The first-order valence-electron chi connectivity index (χ1n) is 12.3. The molecule has 8 heteroatoms. The maximum Gasteiger partial charge on any atom is 0.325 e. The molecule has 0 aromatic heterocycles. The first-order valence-corrected chi connectivity index (χ1v) is 12.6. The van der Waals surface area contributed by atoms with Gasteiger partial charge in [0.05, 0.1) is 5.60 Å². The Kier molecular flexibility index (Phi) is 6.06. The summed E-state index contributed by atoms with van der Waals surface area (Å²) in [4.78, 5) is 30.3. The van der Waals surface area contributed by atoms with E-state index in [-0.39, 0.29) is 11.9 Å². The van der Waals surface area contributed by atoms with Crippen molar-refractivity contribution < 1.29 is 19.4 Å².